The zero-order valence-corrected chi connectivity index (χ0v) is 10.8. The molecule has 1 rings (SSSR count). The minimum atomic E-state index is -0.416. The fourth-order valence-electron chi connectivity index (χ4n) is 1.72. The van der Waals surface area contributed by atoms with E-state index in [1.54, 1.807) is 12.5 Å². The van der Waals surface area contributed by atoms with Gasteiger partial charge in [0.2, 0.25) is 5.91 Å². The van der Waals surface area contributed by atoms with Crippen molar-refractivity contribution in [2.45, 2.75) is 45.8 Å². The van der Waals surface area contributed by atoms with Crippen molar-refractivity contribution in [1.82, 2.24) is 14.9 Å². The van der Waals surface area contributed by atoms with Gasteiger partial charge in [0.15, 0.2) is 0 Å². The predicted molar refractivity (Wildman–Crippen MR) is 67.3 cm³/mol. The molecule has 17 heavy (non-hydrogen) atoms. The van der Waals surface area contributed by atoms with Crippen molar-refractivity contribution in [2.24, 2.45) is 11.7 Å². The maximum atomic E-state index is 11.8. The average molecular weight is 238 g/mol. The lowest BCUT2D eigenvalue weighted by Crippen LogP contribution is -2.46. The fourth-order valence-corrected chi connectivity index (χ4v) is 1.72. The Morgan fingerprint density at radius 3 is 2.71 bits per heavy atom. The summed E-state index contributed by atoms with van der Waals surface area (Å²) in [6.45, 7) is 6.78. The second-order valence-electron chi connectivity index (χ2n) is 4.91. The zero-order valence-electron chi connectivity index (χ0n) is 10.8. The van der Waals surface area contributed by atoms with Gasteiger partial charge in [0.1, 0.15) is 0 Å². The van der Waals surface area contributed by atoms with Crippen LogP contribution < -0.4 is 11.1 Å². The molecule has 0 fully saturated rings. The summed E-state index contributed by atoms with van der Waals surface area (Å²) in [5.41, 5.74) is 5.81. The Hall–Kier alpha value is -1.36. The van der Waals surface area contributed by atoms with Crippen molar-refractivity contribution >= 4 is 5.91 Å². The first-order chi connectivity index (χ1) is 7.99. The number of nitrogens with one attached hydrogen (secondary N) is 1. The number of carbonyl (C=O) groups is 1. The Labute approximate surface area is 102 Å². The lowest BCUT2D eigenvalue weighted by atomic mass is 10.0. The van der Waals surface area contributed by atoms with Crippen LogP contribution in [-0.4, -0.2) is 27.5 Å². The summed E-state index contributed by atoms with van der Waals surface area (Å²) in [5.74, 6) is 0.353. The lowest BCUT2D eigenvalue weighted by molar-refractivity contribution is -0.123. The van der Waals surface area contributed by atoms with Crippen LogP contribution in [0.3, 0.4) is 0 Å². The van der Waals surface area contributed by atoms with Crippen LogP contribution in [0.5, 0.6) is 0 Å². The van der Waals surface area contributed by atoms with E-state index in [1.165, 1.54) is 0 Å². The number of nitrogens with zero attached hydrogens (tertiary/aromatic N) is 2. The fraction of sp³-hybridized carbons (Fsp3) is 0.667. The summed E-state index contributed by atoms with van der Waals surface area (Å²) in [7, 11) is 0. The molecule has 2 atom stereocenters. The largest absolute Gasteiger partial charge is 0.351 e. The molecule has 0 aromatic carbocycles. The third kappa shape index (κ3) is 4.99. The molecule has 0 aliphatic heterocycles. The maximum Gasteiger partial charge on any atom is 0.237 e. The molecule has 0 saturated carbocycles. The van der Waals surface area contributed by atoms with Crippen LogP contribution >= 0.6 is 0 Å². The highest BCUT2D eigenvalue weighted by Gasteiger charge is 2.16. The van der Waals surface area contributed by atoms with E-state index in [0.717, 1.165) is 0 Å². The standard InChI is InChI=1S/C12H22N4O/c1-9(2)6-11(13)12(17)15-10(3)7-16-5-4-14-8-16/h4-5,8-11H,6-7,13H2,1-3H3,(H,15,17)/t10?,11-/m0/s1. The summed E-state index contributed by atoms with van der Waals surface area (Å²) >= 11 is 0. The first kappa shape index (κ1) is 13.7. The van der Waals surface area contributed by atoms with Crippen molar-refractivity contribution in [1.29, 1.82) is 0 Å². The van der Waals surface area contributed by atoms with Gasteiger partial charge in [0.25, 0.3) is 0 Å². The molecule has 5 heteroatoms. The smallest absolute Gasteiger partial charge is 0.237 e. The molecule has 5 nitrogen and oxygen atoms in total. The van der Waals surface area contributed by atoms with E-state index < -0.39 is 6.04 Å². The van der Waals surface area contributed by atoms with Crippen LogP contribution in [0.2, 0.25) is 0 Å². The molecule has 3 N–H and O–H groups in total. The zero-order chi connectivity index (χ0) is 12.8. The highest BCUT2D eigenvalue weighted by molar-refractivity contribution is 5.81. The Kier molecular flexibility index (Phi) is 5.15. The van der Waals surface area contributed by atoms with Gasteiger partial charge in [0, 0.05) is 25.0 Å². The Morgan fingerprint density at radius 1 is 1.47 bits per heavy atom. The second-order valence-corrected chi connectivity index (χ2v) is 4.91. The SMILES string of the molecule is CC(C)C[C@H](N)C(=O)NC(C)Cn1ccnc1. The van der Waals surface area contributed by atoms with Gasteiger partial charge in [-0.25, -0.2) is 4.98 Å². The van der Waals surface area contributed by atoms with E-state index in [-0.39, 0.29) is 11.9 Å². The number of amides is 1. The first-order valence-corrected chi connectivity index (χ1v) is 6.00. The number of hydrogen-bond donors (Lipinski definition) is 2. The number of rotatable bonds is 6. The van der Waals surface area contributed by atoms with Crippen molar-refractivity contribution in [3.8, 4) is 0 Å². The lowest BCUT2D eigenvalue weighted by Gasteiger charge is -2.18. The molecule has 0 aliphatic carbocycles. The van der Waals surface area contributed by atoms with Crippen LogP contribution in [0.1, 0.15) is 27.2 Å². The van der Waals surface area contributed by atoms with Gasteiger partial charge in [0.05, 0.1) is 12.4 Å². The summed E-state index contributed by atoms with van der Waals surface area (Å²) < 4.78 is 1.93. The molecule has 1 aromatic heterocycles. The minimum Gasteiger partial charge on any atom is -0.351 e. The molecular formula is C12H22N4O. The number of nitrogens with two attached hydrogens (primary N) is 1. The topological polar surface area (TPSA) is 72.9 Å². The van der Waals surface area contributed by atoms with E-state index >= 15 is 0 Å². The number of carbonyl (C=O) groups excluding carboxylic acids is 1. The predicted octanol–water partition coefficient (Wildman–Crippen LogP) is 0.761. The van der Waals surface area contributed by atoms with Crippen molar-refractivity contribution in [2.75, 3.05) is 0 Å². The summed E-state index contributed by atoms with van der Waals surface area (Å²) in [6, 6.07) is -0.366. The van der Waals surface area contributed by atoms with Crippen LogP contribution in [0, 0.1) is 5.92 Å². The molecule has 1 unspecified atom stereocenters. The Balaban J connectivity index is 2.35. The Bertz CT molecular complexity index is 334. The van der Waals surface area contributed by atoms with Crippen molar-refractivity contribution in [3.63, 3.8) is 0 Å². The van der Waals surface area contributed by atoms with E-state index in [2.05, 4.69) is 24.1 Å². The van der Waals surface area contributed by atoms with Gasteiger partial charge < -0.3 is 15.6 Å². The molecule has 1 amide bonds. The summed E-state index contributed by atoms with van der Waals surface area (Å²) in [4.78, 5) is 15.7. The van der Waals surface area contributed by atoms with E-state index in [1.807, 2.05) is 17.7 Å². The maximum absolute atomic E-state index is 11.8. The van der Waals surface area contributed by atoms with Gasteiger partial charge in [-0.2, -0.15) is 0 Å². The molecule has 1 aromatic rings. The van der Waals surface area contributed by atoms with Gasteiger partial charge >= 0.3 is 0 Å². The molecule has 0 spiro atoms. The molecule has 1 heterocycles. The second kappa shape index (κ2) is 6.39. The van der Waals surface area contributed by atoms with Crippen molar-refractivity contribution in [3.05, 3.63) is 18.7 Å². The Morgan fingerprint density at radius 2 is 2.18 bits per heavy atom. The summed E-state index contributed by atoms with van der Waals surface area (Å²) in [6.07, 6.45) is 6.04. The van der Waals surface area contributed by atoms with Crippen LogP contribution in [0.4, 0.5) is 0 Å². The van der Waals surface area contributed by atoms with Gasteiger partial charge in [-0.3, -0.25) is 4.79 Å². The monoisotopic (exact) mass is 238 g/mol. The first-order valence-electron chi connectivity index (χ1n) is 6.00. The molecule has 0 radical (unpaired) electrons. The highest BCUT2D eigenvalue weighted by Crippen LogP contribution is 2.03. The summed E-state index contributed by atoms with van der Waals surface area (Å²) in [5, 5.41) is 2.91. The number of hydrogen-bond acceptors (Lipinski definition) is 3. The molecule has 96 valence electrons. The molecule has 0 bridgehead atoms. The van der Waals surface area contributed by atoms with Crippen LogP contribution in [0.15, 0.2) is 18.7 Å². The number of aromatic nitrogens is 2. The third-order valence-corrected chi connectivity index (χ3v) is 2.49. The molecule has 0 aliphatic rings. The minimum absolute atomic E-state index is 0.0508. The normalized spacial score (nSPS) is 14.6. The van der Waals surface area contributed by atoms with Gasteiger partial charge in [-0.15, -0.1) is 0 Å². The quantitative estimate of drug-likeness (QED) is 0.768. The third-order valence-electron chi connectivity index (χ3n) is 2.49. The average Bonchev–Trinajstić information content (AvgIpc) is 2.68. The van der Waals surface area contributed by atoms with Crippen LogP contribution in [-0.2, 0) is 11.3 Å². The highest BCUT2D eigenvalue weighted by atomic mass is 16.2. The van der Waals surface area contributed by atoms with Gasteiger partial charge in [-0.05, 0) is 19.3 Å². The molecule has 0 saturated heterocycles. The van der Waals surface area contributed by atoms with Gasteiger partial charge in [-0.1, -0.05) is 13.8 Å². The van der Waals surface area contributed by atoms with E-state index in [0.29, 0.717) is 18.9 Å². The molecular weight excluding hydrogens is 216 g/mol. The van der Waals surface area contributed by atoms with Crippen LogP contribution in [0.25, 0.3) is 0 Å². The number of imidazole rings is 1. The van der Waals surface area contributed by atoms with E-state index in [9.17, 15) is 4.79 Å². The van der Waals surface area contributed by atoms with Crippen molar-refractivity contribution < 1.29 is 4.79 Å². The van der Waals surface area contributed by atoms with E-state index in [4.69, 9.17) is 5.73 Å².